The lowest BCUT2D eigenvalue weighted by Gasteiger charge is -2.22. The molecule has 104 valence electrons. The average molecular weight is 265 g/mol. The lowest BCUT2D eigenvalue weighted by atomic mass is 10.2. The van der Waals surface area contributed by atoms with Crippen LogP contribution in [-0.2, 0) is 4.79 Å². The Balaban J connectivity index is 3.00. The number of carbonyl (C=O) groups is 2. The summed E-state index contributed by atoms with van der Waals surface area (Å²) in [7, 11) is 3.30. The van der Waals surface area contributed by atoms with Crippen LogP contribution in [0, 0.1) is 0 Å². The van der Waals surface area contributed by atoms with Gasteiger partial charge in [-0.05, 0) is 18.6 Å². The van der Waals surface area contributed by atoms with Gasteiger partial charge in [-0.1, -0.05) is 6.92 Å². The minimum atomic E-state index is -0.897. The minimum Gasteiger partial charge on any atom is -0.480 e. The molecule has 0 aliphatic heterocycles. The molecule has 0 bridgehead atoms. The zero-order valence-corrected chi connectivity index (χ0v) is 11.5. The number of hydrogen-bond acceptors (Lipinski definition) is 4. The summed E-state index contributed by atoms with van der Waals surface area (Å²) < 4.78 is 0. The molecule has 0 aromatic carbocycles. The molecule has 1 N–H and O–H groups in total. The van der Waals surface area contributed by atoms with E-state index in [9.17, 15) is 9.59 Å². The Labute approximate surface area is 112 Å². The van der Waals surface area contributed by atoms with Gasteiger partial charge in [0.25, 0.3) is 5.91 Å². The van der Waals surface area contributed by atoms with Gasteiger partial charge in [0.2, 0.25) is 0 Å². The fourth-order valence-corrected chi connectivity index (χ4v) is 1.69. The van der Waals surface area contributed by atoms with Crippen LogP contribution in [-0.4, -0.2) is 54.1 Å². The standard InChI is InChI=1S/C13H19N3O3/c1-4-7-16(9-12(17)18)10-5-6-14-11(8-10)13(19)15(2)3/h5-6,8H,4,7,9H2,1-3H3,(H,17,18). The molecule has 1 heterocycles. The van der Waals surface area contributed by atoms with Gasteiger partial charge in [0.05, 0.1) is 0 Å². The van der Waals surface area contributed by atoms with Crippen LogP contribution in [0.4, 0.5) is 5.69 Å². The predicted octanol–water partition coefficient (Wildman–Crippen LogP) is 1.08. The summed E-state index contributed by atoms with van der Waals surface area (Å²) in [5.41, 5.74) is 1.01. The lowest BCUT2D eigenvalue weighted by molar-refractivity contribution is -0.135. The van der Waals surface area contributed by atoms with Gasteiger partial charge >= 0.3 is 5.97 Å². The Kier molecular flexibility index (Phi) is 5.29. The van der Waals surface area contributed by atoms with Crippen LogP contribution in [0.5, 0.6) is 0 Å². The van der Waals surface area contributed by atoms with E-state index >= 15 is 0 Å². The van der Waals surface area contributed by atoms with Crippen LogP contribution in [0.1, 0.15) is 23.8 Å². The third-order valence-corrected chi connectivity index (χ3v) is 2.55. The highest BCUT2D eigenvalue weighted by atomic mass is 16.4. The average Bonchev–Trinajstić information content (AvgIpc) is 2.37. The number of aliphatic carboxylic acids is 1. The number of hydrogen-bond donors (Lipinski definition) is 1. The van der Waals surface area contributed by atoms with Crippen LogP contribution in [0.3, 0.4) is 0 Å². The van der Waals surface area contributed by atoms with Crippen molar-refractivity contribution in [3.63, 3.8) is 0 Å². The molecule has 1 rings (SSSR count). The van der Waals surface area contributed by atoms with Crippen molar-refractivity contribution in [2.75, 3.05) is 32.1 Å². The molecule has 0 saturated heterocycles. The van der Waals surface area contributed by atoms with Crippen LogP contribution in [0.15, 0.2) is 18.3 Å². The number of amides is 1. The van der Waals surface area contributed by atoms with Crippen molar-refractivity contribution < 1.29 is 14.7 Å². The number of pyridine rings is 1. The molecular weight excluding hydrogens is 246 g/mol. The Hall–Kier alpha value is -2.11. The van der Waals surface area contributed by atoms with Crippen LogP contribution >= 0.6 is 0 Å². The molecule has 1 amide bonds. The first-order valence-electron chi connectivity index (χ1n) is 6.10. The van der Waals surface area contributed by atoms with Crippen molar-refractivity contribution in [2.24, 2.45) is 0 Å². The summed E-state index contributed by atoms with van der Waals surface area (Å²) in [5, 5.41) is 8.91. The number of anilines is 1. The second kappa shape index (κ2) is 6.72. The molecule has 6 heteroatoms. The van der Waals surface area contributed by atoms with Gasteiger partial charge in [0.15, 0.2) is 0 Å². The van der Waals surface area contributed by atoms with E-state index in [0.717, 1.165) is 6.42 Å². The molecular formula is C13H19N3O3. The summed E-state index contributed by atoms with van der Waals surface area (Å²) in [6, 6.07) is 3.34. The van der Waals surface area contributed by atoms with Crippen molar-refractivity contribution >= 4 is 17.6 Å². The number of carboxylic acids is 1. The first-order chi connectivity index (χ1) is 8.95. The third-order valence-electron chi connectivity index (χ3n) is 2.55. The first-order valence-corrected chi connectivity index (χ1v) is 6.10. The van der Waals surface area contributed by atoms with Crippen molar-refractivity contribution in [1.29, 1.82) is 0 Å². The predicted molar refractivity (Wildman–Crippen MR) is 72.4 cm³/mol. The number of carboxylic acid groups (broad SMARTS) is 1. The van der Waals surface area contributed by atoms with Gasteiger partial charge in [0, 0.05) is 32.5 Å². The fraction of sp³-hybridized carbons (Fsp3) is 0.462. The van der Waals surface area contributed by atoms with Gasteiger partial charge < -0.3 is 14.9 Å². The SMILES string of the molecule is CCCN(CC(=O)O)c1ccnc(C(=O)N(C)C)c1. The second-order valence-electron chi connectivity index (χ2n) is 4.41. The van der Waals surface area contributed by atoms with Crippen molar-refractivity contribution in [3.05, 3.63) is 24.0 Å². The van der Waals surface area contributed by atoms with E-state index in [1.807, 2.05) is 6.92 Å². The summed E-state index contributed by atoms with van der Waals surface area (Å²) >= 11 is 0. The molecule has 19 heavy (non-hydrogen) atoms. The Morgan fingerprint density at radius 2 is 2.05 bits per heavy atom. The van der Waals surface area contributed by atoms with E-state index in [-0.39, 0.29) is 12.5 Å². The molecule has 0 aliphatic rings. The van der Waals surface area contributed by atoms with E-state index in [1.54, 1.807) is 31.1 Å². The lowest BCUT2D eigenvalue weighted by Crippen LogP contribution is -2.31. The van der Waals surface area contributed by atoms with Crippen LogP contribution in [0.25, 0.3) is 0 Å². The molecule has 1 aromatic heterocycles. The summed E-state index contributed by atoms with van der Waals surface area (Å²) in [6.45, 7) is 2.50. The highest BCUT2D eigenvalue weighted by Gasteiger charge is 2.14. The van der Waals surface area contributed by atoms with E-state index in [4.69, 9.17) is 5.11 Å². The van der Waals surface area contributed by atoms with Crippen LogP contribution < -0.4 is 4.90 Å². The van der Waals surface area contributed by atoms with Crippen molar-refractivity contribution in [3.8, 4) is 0 Å². The maximum atomic E-state index is 11.8. The monoisotopic (exact) mass is 265 g/mol. The first kappa shape index (κ1) is 14.9. The largest absolute Gasteiger partial charge is 0.480 e. The van der Waals surface area contributed by atoms with Crippen molar-refractivity contribution in [1.82, 2.24) is 9.88 Å². The summed E-state index contributed by atoms with van der Waals surface area (Å²) in [5.74, 6) is -1.10. The van der Waals surface area contributed by atoms with Gasteiger partial charge in [-0.3, -0.25) is 14.6 Å². The minimum absolute atomic E-state index is 0.0898. The van der Waals surface area contributed by atoms with Gasteiger partial charge in [0.1, 0.15) is 12.2 Å². The van der Waals surface area contributed by atoms with Gasteiger partial charge in [-0.25, -0.2) is 0 Å². The number of carbonyl (C=O) groups excluding carboxylic acids is 1. The van der Waals surface area contributed by atoms with E-state index in [1.165, 1.54) is 11.1 Å². The second-order valence-corrected chi connectivity index (χ2v) is 4.41. The van der Waals surface area contributed by atoms with E-state index in [0.29, 0.717) is 17.9 Å². The molecule has 0 aliphatic carbocycles. The highest BCUT2D eigenvalue weighted by Crippen LogP contribution is 2.15. The maximum Gasteiger partial charge on any atom is 0.323 e. The molecule has 1 aromatic rings. The summed E-state index contributed by atoms with van der Waals surface area (Å²) in [6.07, 6.45) is 2.35. The molecule has 6 nitrogen and oxygen atoms in total. The Bertz CT molecular complexity index is 460. The highest BCUT2D eigenvalue weighted by molar-refractivity contribution is 5.92. The quantitative estimate of drug-likeness (QED) is 0.833. The zero-order chi connectivity index (χ0) is 14.4. The Morgan fingerprint density at radius 1 is 1.37 bits per heavy atom. The zero-order valence-electron chi connectivity index (χ0n) is 11.5. The van der Waals surface area contributed by atoms with Gasteiger partial charge in [-0.2, -0.15) is 0 Å². The Morgan fingerprint density at radius 3 is 2.58 bits per heavy atom. The number of rotatable bonds is 6. The molecule has 0 fully saturated rings. The molecule has 0 atom stereocenters. The summed E-state index contributed by atoms with van der Waals surface area (Å²) in [4.78, 5) is 29.9. The van der Waals surface area contributed by atoms with E-state index in [2.05, 4.69) is 4.98 Å². The topological polar surface area (TPSA) is 73.7 Å². The van der Waals surface area contributed by atoms with Gasteiger partial charge in [-0.15, -0.1) is 0 Å². The van der Waals surface area contributed by atoms with E-state index < -0.39 is 5.97 Å². The van der Waals surface area contributed by atoms with Crippen LogP contribution in [0.2, 0.25) is 0 Å². The molecule has 0 radical (unpaired) electrons. The number of aromatic nitrogens is 1. The number of nitrogens with zero attached hydrogens (tertiary/aromatic N) is 3. The molecule has 0 unspecified atom stereocenters. The molecule has 0 spiro atoms. The van der Waals surface area contributed by atoms with Crippen molar-refractivity contribution in [2.45, 2.75) is 13.3 Å². The smallest absolute Gasteiger partial charge is 0.323 e. The third kappa shape index (κ3) is 4.24. The normalized spacial score (nSPS) is 10.1. The fourth-order valence-electron chi connectivity index (χ4n) is 1.69. The molecule has 0 saturated carbocycles. The maximum absolute atomic E-state index is 11.8.